The SMILES string of the molecule is CC(N)C1CCN(C(=O)c2cc(Cl)ccc2Cl)CC1.Cl. The molecule has 0 radical (unpaired) electrons. The van der Waals surface area contributed by atoms with Crippen LogP contribution in [-0.2, 0) is 0 Å². The minimum Gasteiger partial charge on any atom is -0.339 e. The van der Waals surface area contributed by atoms with Crippen molar-refractivity contribution >= 4 is 41.5 Å². The third kappa shape index (κ3) is 4.01. The van der Waals surface area contributed by atoms with Gasteiger partial charge in [0.1, 0.15) is 0 Å². The van der Waals surface area contributed by atoms with Gasteiger partial charge >= 0.3 is 0 Å². The molecule has 1 atom stereocenters. The molecular weight excluding hydrogens is 319 g/mol. The molecule has 0 bridgehead atoms. The number of carbonyl (C=O) groups excluding carboxylic acids is 1. The first-order chi connectivity index (χ1) is 8.99. The number of nitrogens with two attached hydrogens (primary N) is 1. The van der Waals surface area contributed by atoms with E-state index in [0.717, 1.165) is 25.9 Å². The van der Waals surface area contributed by atoms with Crippen LogP contribution in [0.5, 0.6) is 0 Å². The molecule has 1 aliphatic rings. The topological polar surface area (TPSA) is 46.3 Å². The summed E-state index contributed by atoms with van der Waals surface area (Å²) in [5.74, 6) is 0.453. The fourth-order valence-electron chi connectivity index (χ4n) is 2.46. The zero-order chi connectivity index (χ0) is 14.0. The molecule has 0 spiro atoms. The molecule has 6 heteroatoms. The van der Waals surface area contributed by atoms with Gasteiger partial charge in [0.25, 0.3) is 5.91 Å². The van der Waals surface area contributed by atoms with Crippen LogP contribution in [0.1, 0.15) is 30.1 Å². The van der Waals surface area contributed by atoms with Crippen molar-refractivity contribution < 1.29 is 4.79 Å². The molecule has 2 rings (SSSR count). The quantitative estimate of drug-likeness (QED) is 0.896. The molecule has 20 heavy (non-hydrogen) atoms. The third-order valence-electron chi connectivity index (χ3n) is 3.73. The molecule has 3 nitrogen and oxygen atoms in total. The van der Waals surface area contributed by atoms with Crippen LogP contribution >= 0.6 is 35.6 Å². The molecule has 0 aromatic heterocycles. The summed E-state index contributed by atoms with van der Waals surface area (Å²) >= 11 is 12.0. The molecule has 112 valence electrons. The van der Waals surface area contributed by atoms with Gasteiger partial charge in [-0.15, -0.1) is 12.4 Å². The van der Waals surface area contributed by atoms with Crippen molar-refractivity contribution in [2.45, 2.75) is 25.8 Å². The molecule has 2 N–H and O–H groups in total. The van der Waals surface area contributed by atoms with Crippen LogP contribution in [0.4, 0.5) is 0 Å². The smallest absolute Gasteiger partial charge is 0.255 e. The van der Waals surface area contributed by atoms with Crippen LogP contribution in [-0.4, -0.2) is 29.9 Å². The second-order valence-corrected chi connectivity index (χ2v) is 5.96. The van der Waals surface area contributed by atoms with Gasteiger partial charge in [-0.1, -0.05) is 23.2 Å². The number of hydrogen-bond donors (Lipinski definition) is 1. The number of piperidine rings is 1. The fraction of sp³-hybridized carbons (Fsp3) is 0.500. The van der Waals surface area contributed by atoms with Crippen molar-refractivity contribution in [1.29, 1.82) is 0 Å². The lowest BCUT2D eigenvalue weighted by molar-refractivity contribution is 0.0681. The van der Waals surface area contributed by atoms with Crippen LogP contribution in [0.15, 0.2) is 18.2 Å². The number of benzene rings is 1. The number of rotatable bonds is 2. The Labute approximate surface area is 135 Å². The predicted molar refractivity (Wildman–Crippen MR) is 86.0 cm³/mol. The monoisotopic (exact) mass is 336 g/mol. The van der Waals surface area contributed by atoms with Gasteiger partial charge in [-0.25, -0.2) is 0 Å². The highest BCUT2D eigenvalue weighted by Gasteiger charge is 2.26. The van der Waals surface area contributed by atoms with E-state index in [2.05, 4.69) is 0 Å². The van der Waals surface area contributed by atoms with Gasteiger partial charge in [0.05, 0.1) is 10.6 Å². The van der Waals surface area contributed by atoms with Gasteiger partial charge in [0, 0.05) is 24.2 Å². The van der Waals surface area contributed by atoms with Crippen LogP contribution in [0.2, 0.25) is 10.0 Å². The first kappa shape index (κ1) is 17.6. The molecule has 1 amide bonds. The summed E-state index contributed by atoms with van der Waals surface area (Å²) in [6, 6.07) is 5.16. The van der Waals surface area contributed by atoms with Crippen molar-refractivity contribution in [3.63, 3.8) is 0 Å². The Morgan fingerprint density at radius 2 is 1.95 bits per heavy atom. The Bertz CT molecular complexity index is 471. The van der Waals surface area contributed by atoms with Crippen LogP contribution in [0, 0.1) is 5.92 Å². The summed E-state index contributed by atoms with van der Waals surface area (Å²) in [4.78, 5) is 14.2. The number of amides is 1. The molecule has 1 fully saturated rings. The molecule has 0 aliphatic carbocycles. The first-order valence-electron chi connectivity index (χ1n) is 6.49. The van der Waals surface area contributed by atoms with E-state index in [0.29, 0.717) is 21.5 Å². The molecular formula is C14H19Cl3N2O. The molecule has 1 saturated heterocycles. The average Bonchev–Trinajstić information content (AvgIpc) is 2.41. The van der Waals surface area contributed by atoms with Gasteiger partial charge in [0.15, 0.2) is 0 Å². The van der Waals surface area contributed by atoms with Gasteiger partial charge in [-0.05, 0) is 43.9 Å². The predicted octanol–water partition coefficient (Wildman–Crippen LogP) is 3.61. The molecule has 1 aromatic carbocycles. The maximum atomic E-state index is 12.4. The maximum absolute atomic E-state index is 12.4. The summed E-state index contributed by atoms with van der Waals surface area (Å²) in [7, 11) is 0. The standard InChI is InChI=1S/C14H18Cl2N2O.ClH/c1-9(17)10-4-6-18(7-5-10)14(19)12-8-11(15)2-3-13(12)16;/h2-3,8-10H,4-7,17H2,1H3;1H. The van der Waals surface area contributed by atoms with E-state index in [9.17, 15) is 4.79 Å². The minimum atomic E-state index is -0.0457. The Kier molecular flexibility index (Phi) is 6.59. The number of halogens is 3. The highest BCUT2D eigenvalue weighted by molar-refractivity contribution is 6.35. The Balaban J connectivity index is 0.00000200. The van der Waals surface area contributed by atoms with E-state index in [1.165, 1.54) is 0 Å². The average molecular weight is 338 g/mol. The molecule has 1 aliphatic heterocycles. The zero-order valence-corrected chi connectivity index (χ0v) is 13.6. The molecule has 1 unspecified atom stereocenters. The minimum absolute atomic E-state index is 0. The summed E-state index contributed by atoms with van der Waals surface area (Å²) in [5.41, 5.74) is 6.38. The summed E-state index contributed by atoms with van der Waals surface area (Å²) in [5, 5.41) is 0.974. The normalized spacial score (nSPS) is 17.5. The summed E-state index contributed by atoms with van der Waals surface area (Å²) < 4.78 is 0. The van der Waals surface area contributed by atoms with Gasteiger partial charge < -0.3 is 10.6 Å². The van der Waals surface area contributed by atoms with Gasteiger partial charge in [0.2, 0.25) is 0 Å². The molecule has 0 saturated carbocycles. The highest BCUT2D eigenvalue weighted by atomic mass is 35.5. The molecule has 1 aromatic rings. The summed E-state index contributed by atoms with van der Waals surface area (Å²) in [6.45, 7) is 3.48. The number of nitrogens with zero attached hydrogens (tertiary/aromatic N) is 1. The largest absolute Gasteiger partial charge is 0.339 e. The van der Waals surface area contributed by atoms with Crippen molar-refractivity contribution in [1.82, 2.24) is 4.90 Å². The maximum Gasteiger partial charge on any atom is 0.255 e. The Hall–Kier alpha value is -0.480. The molecule has 1 heterocycles. The van der Waals surface area contributed by atoms with Gasteiger partial charge in [-0.2, -0.15) is 0 Å². The lowest BCUT2D eigenvalue weighted by Crippen LogP contribution is -2.42. The van der Waals surface area contributed by atoms with E-state index >= 15 is 0 Å². The van der Waals surface area contributed by atoms with Crippen LogP contribution < -0.4 is 5.73 Å². The lowest BCUT2D eigenvalue weighted by Gasteiger charge is -2.33. The first-order valence-corrected chi connectivity index (χ1v) is 7.24. The zero-order valence-electron chi connectivity index (χ0n) is 11.3. The van der Waals surface area contributed by atoms with E-state index in [1.54, 1.807) is 18.2 Å². The summed E-state index contributed by atoms with van der Waals surface area (Å²) in [6.07, 6.45) is 1.89. The fourth-order valence-corrected chi connectivity index (χ4v) is 2.83. The van der Waals surface area contributed by atoms with Crippen molar-refractivity contribution in [2.75, 3.05) is 13.1 Å². The van der Waals surface area contributed by atoms with E-state index in [1.807, 2.05) is 11.8 Å². The van der Waals surface area contributed by atoms with E-state index < -0.39 is 0 Å². The Morgan fingerprint density at radius 1 is 1.35 bits per heavy atom. The lowest BCUT2D eigenvalue weighted by atomic mass is 9.90. The highest BCUT2D eigenvalue weighted by Crippen LogP contribution is 2.25. The second kappa shape index (κ2) is 7.51. The van der Waals surface area contributed by atoms with Crippen LogP contribution in [0.25, 0.3) is 0 Å². The van der Waals surface area contributed by atoms with E-state index in [-0.39, 0.29) is 24.4 Å². The van der Waals surface area contributed by atoms with Crippen molar-refractivity contribution in [3.05, 3.63) is 33.8 Å². The van der Waals surface area contributed by atoms with E-state index in [4.69, 9.17) is 28.9 Å². The number of carbonyl (C=O) groups is 1. The van der Waals surface area contributed by atoms with Crippen LogP contribution in [0.3, 0.4) is 0 Å². The van der Waals surface area contributed by atoms with Crippen molar-refractivity contribution in [3.8, 4) is 0 Å². The van der Waals surface area contributed by atoms with Crippen molar-refractivity contribution in [2.24, 2.45) is 11.7 Å². The number of hydrogen-bond acceptors (Lipinski definition) is 2. The third-order valence-corrected chi connectivity index (χ3v) is 4.29. The number of likely N-dealkylation sites (tertiary alicyclic amines) is 1. The Morgan fingerprint density at radius 3 is 2.50 bits per heavy atom. The second-order valence-electron chi connectivity index (χ2n) is 5.11. The van der Waals surface area contributed by atoms with Gasteiger partial charge in [-0.3, -0.25) is 4.79 Å².